The Bertz CT molecular complexity index is 422. The van der Waals surface area contributed by atoms with Crippen LogP contribution in [0.15, 0.2) is 0 Å². The predicted molar refractivity (Wildman–Crippen MR) is 71.9 cm³/mol. The minimum atomic E-state index is -0.409. The normalized spacial score (nSPS) is 36.7. The number of hydrogen-bond acceptors (Lipinski definition) is 3. The van der Waals surface area contributed by atoms with Crippen LogP contribution in [0.4, 0.5) is 0 Å². The molecule has 19 heavy (non-hydrogen) atoms. The number of fused-ring (bicyclic) bond motifs is 1. The molecule has 3 rings (SSSR count). The lowest BCUT2D eigenvalue weighted by atomic mass is 9.76. The standard InChI is InChI=1S/C15H23N3O/c1-2-15(5-3-4-6-15)13(17)14(19)18-9-10-7-11(10)12(18)8-16/h10-13H,2-7,9,17H2,1H3/t10?,11?,12?,13-/m1/s1. The lowest BCUT2D eigenvalue weighted by Gasteiger charge is -2.36. The van der Waals surface area contributed by atoms with E-state index in [0.29, 0.717) is 11.8 Å². The third-order valence-corrected chi connectivity index (χ3v) is 5.79. The van der Waals surface area contributed by atoms with E-state index in [4.69, 9.17) is 5.73 Å². The van der Waals surface area contributed by atoms with Crippen LogP contribution in [0.25, 0.3) is 0 Å². The molecule has 2 aliphatic carbocycles. The van der Waals surface area contributed by atoms with Crippen LogP contribution in [-0.4, -0.2) is 29.4 Å². The average molecular weight is 261 g/mol. The van der Waals surface area contributed by atoms with Crippen molar-refractivity contribution < 1.29 is 4.79 Å². The maximum atomic E-state index is 12.7. The summed E-state index contributed by atoms with van der Waals surface area (Å²) in [5, 5.41) is 9.27. The van der Waals surface area contributed by atoms with Crippen molar-refractivity contribution in [3.05, 3.63) is 0 Å². The minimum absolute atomic E-state index is 0.0101. The first kappa shape index (κ1) is 12.9. The third kappa shape index (κ3) is 1.87. The van der Waals surface area contributed by atoms with E-state index in [1.807, 2.05) is 0 Å². The molecule has 3 aliphatic rings. The zero-order valence-electron chi connectivity index (χ0n) is 11.6. The van der Waals surface area contributed by atoms with Crippen molar-refractivity contribution >= 4 is 5.91 Å². The van der Waals surface area contributed by atoms with Gasteiger partial charge in [-0.3, -0.25) is 4.79 Å². The molecule has 104 valence electrons. The number of piperidine rings is 1. The first-order valence-corrected chi connectivity index (χ1v) is 7.58. The van der Waals surface area contributed by atoms with E-state index in [0.717, 1.165) is 32.2 Å². The van der Waals surface area contributed by atoms with Crippen molar-refractivity contribution in [3.8, 4) is 6.07 Å². The molecule has 4 heteroatoms. The van der Waals surface area contributed by atoms with Crippen LogP contribution in [0.3, 0.4) is 0 Å². The first-order valence-electron chi connectivity index (χ1n) is 7.58. The van der Waals surface area contributed by atoms with Gasteiger partial charge in [-0.1, -0.05) is 19.8 Å². The lowest BCUT2D eigenvalue weighted by Crippen LogP contribution is -2.54. The summed E-state index contributed by atoms with van der Waals surface area (Å²) in [4.78, 5) is 14.5. The van der Waals surface area contributed by atoms with Gasteiger partial charge in [0.15, 0.2) is 0 Å². The number of carbonyl (C=O) groups is 1. The van der Waals surface area contributed by atoms with Crippen LogP contribution >= 0.6 is 0 Å². The molecule has 0 aromatic carbocycles. The van der Waals surface area contributed by atoms with Crippen molar-refractivity contribution in [1.82, 2.24) is 4.90 Å². The average Bonchev–Trinajstić information content (AvgIpc) is 2.92. The van der Waals surface area contributed by atoms with Gasteiger partial charge in [0.2, 0.25) is 5.91 Å². The molecule has 0 bridgehead atoms. The van der Waals surface area contributed by atoms with Gasteiger partial charge in [-0.2, -0.15) is 5.26 Å². The van der Waals surface area contributed by atoms with E-state index < -0.39 is 6.04 Å². The highest BCUT2D eigenvalue weighted by molar-refractivity contribution is 5.84. The summed E-state index contributed by atoms with van der Waals surface area (Å²) in [6, 6.07) is 1.69. The topological polar surface area (TPSA) is 70.1 Å². The maximum absolute atomic E-state index is 12.7. The van der Waals surface area contributed by atoms with Gasteiger partial charge in [0.25, 0.3) is 0 Å². The number of rotatable bonds is 3. The van der Waals surface area contributed by atoms with E-state index in [1.165, 1.54) is 12.8 Å². The molecule has 4 nitrogen and oxygen atoms in total. The van der Waals surface area contributed by atoms with E-state index >= 15 is 0 Å². The Morgan fingerprint density at radius 2 is 2.21 bits per heavy atom. The Labute approximate surface area is 114 Å². The summed E-state index contributed by atoms with van der Waals surface area (Å²) in [6.07, 6.45) is 6.58. The van der Waals surface area contributed by atoms with E-state index in [-0.39, 0.29) is 17.4 Å². The molecule has 4 atom stereocenters. The Balaban J connectivity index is 1.75. The number of nitriles is 1. The fourth-order valence-electron chi connectivity index (χ4n) is 4.26. The van der Waals surface area contributed by atoms with Crippen molar-refractivity contribution in [3.63, 3.8) is 0 Å². The van der Waals surface area contributed by atoms with Crippen LogP contribution in [0, 0.1) is 28.6 Å². The van der Waals surface area contributed by atoms with Gasteiger partial charge in [0, 0.05) is 6.54 Å². The second-order valence-corrected chi connectivity index (χ2v) is 6.62. The molecule has 0 spiro atoms. The van der Waals surface area contributed by atoms with Crippen LogP contribution in [0.5, 0.6) is 0 Å². The SMILES string of the molecule is CCC1([C@H](N)C(=O)N2CC3CC3C2C#N)CCCC1. The molecule has 1 saturated heterocycles. The molecular weight excluding hydrogens is 238 g/mol. The zero-order chi connectivity index (χ0) is 13.6. The highest BCUT2D eigenvalue weighted by Crippen LogP contribution is 2.50. The lowest BCUT2D eigenvalue weighted by molar-refractivity contribution is -0.136. The van der Waals surface area contributed by atoms with Gasteiger partial charge in [0.1, 0.15) is 6.04 Å². The summed E-state index contributed by atoms with van der Waals surface area (Å²) in [7, 11) is 0. The largest absolute Gasteiger partial charge is 0.325 e. The smallest absolute Gasteiger partial charge is 0.241 e. The molecule has 3 fully saturated rings. The summed E-state index contributed by atoms with van der Waals surface area (Å²) in [5.41, 5.74) is 6.31. The monoisotopic (exact) mass is 261 g/mol. The number of nitrogens with zero attached hydrogens (tertiary/aromatic N) is 2. The quantitative estimate of drug-likeness (QED) is 0.840. The summed E-state index contributed by atoms with van der Waals surface area (Å²) in [5.74, 6) is 1.03. The fraction of sp³-hybridized carbons (Fsp3) is 0.867. The number of nitrogens with two attached hydrogens (primary N) is 1. The summed E-state index contributed by atoms with van der Waals surface area (Å²) in [6.45, 7) is 2.90. The second-order valence-electron chi connectivity index (χ2n) is 6.62. The van der Waals surface area contributed by atoms with Gasteiger partial charge in [-0.05, 0) is 42.9 Å². The minimum Gasteiger partial charge on any atom is -0.325 e. The Hall–Kier alpha value is -1.08. The van der Waals surface area contributed by atoms with E-state index in [9.17, 15) is 10.1 Å². The molecule has 3 unspecified atom stereocenters. The Morgan fingerprint density at radius 1 is 1.53 bits per heavy atom. The molecule has 2 saturated carbocycles. The molecule has 0 aromatic heterocycles. The second kappa shape index (κ2) is 4.49. The number of hydrogen-bond donors (Lipinski definition) is 1. The van der Waals surface area contributed by atoms with Crippen LogP contribution in [-0.2, 0) is 4.79 Å². The fourth-order valence-corrected chi connectivity index (χ4v) is 4.26. The molecule has 1 amide bonds. The molecule has 0 radical (unpaired) electrons. The Kier molecular flexibility index (Phi) is 3.05. The Morgan fingerprint density at radius 3 is 2.79 bits per heavy atom. The van der Waals surface area contributed by atoms with Crippen molar-refractivity contribution in [2.45, 2.75) is 57.5 Å². The van der Waals surface area contributed by atoms with Gasteiger partial charge in [-0.25, -0.2) is 0 Å². The molecule has 2 N–H and O–H groups in total. The molecule has 1 aliphatic heterocycles. The van der Waals surface area contributed by atoms with Crippen molar-refractivity contribution in [2.75, 3.05) is 6.54 Å². The van der Waals surface area contributed by atoms with Crippen LogP contribution < -0.4 is 5.73 Å². The number of carbonyl (C=O) groups excluding carboxylic acids is 1. The van der Waals surface area contributed by atoms with E-state index in [1.54, 1.807) is 4.90 Å². The van der Waals surface area contributed by atoms with Gasteiger partial charge >= 0.3 is 0 Å². The van der Waals surface area contributed by atoms with Crippen LogP contribution in [0.2, 0.25) is 0 Å². The van der Waals surface area contributed by atoms with Gasteiger partial charge < -0.3 is 10.6 Å². The third-order valence-electron chi connectivity index (χ3n) is 5.79. The summed E-state index contributed by atoms with van der Waals surface area (Å²) >= 11 is 0. The highest BCUT2D eigenvalue weighted by atomic mass is 16.2. The maximum Gasteiger partial charge on any atom is 0.241 e. The summed E-state index contributed by atoms with van der Waals surface area (Å²) < 4.78 is 0. The number of likely N-dealkylation sites (tertiary alicyclic amines) is 1. The first-order chi connectivity index (χ1) is 9.13. The number of amides is 1. The molecule has 0 aromatic rings. The molecule has 1 heterocycles. The zero-order valence-corrected chi connectivity index (χ0v) is 11.6. The van der Waals surface area contributed by atoms with E-state index in [2.05, 4.69) is 13.0 Å². The van der Waals surface area contributed by atoms with Gasteiger partial charge in [-0.15, -0.1) is 0 Å². The van der Waals surface area contributed by atoms with Gasteiger partial charge in [0.05, 0.1) is 12.1 Å². The molecular formula is C15H23N3O. The predicted octanol–water partition coefficient (Wildman–Crippen LogP) is 1.65. The van der Waals surface area contributed by atoms with Crippen molar-refractivity contribution in [1.29, 1.82) is 5.26 Å². The van der Waals surface area contributed by atoms with Crippen LogP contribution in [0.1, 0.15) is 45.4 Å². The highest BCUT2D eigenvalue weighted by Gasteiger charge is 2.56. The van der Waals surface area contributed by atoms with Crippen molar-refractivity contribution in [2.24, 2.45) is 23.0 Å².